The van der Waals surface area contributed by atoms with Gasteiger partial charge < -0.3 is 19.5 Å². The van der Waals surface area contributed by atoms with Crippen molar-refractivity contribution in [2.24, 2.45) is 5.41 Å². The van der Waals surface area contributed by atoms with Crippen molar-refractivity contribution in [1.29, 1.82) is 0 Å². The molecule has 7 rings (SSSR count). The number of amides is 2. The maximum absolute atomic E-state index is 14.6. The van der Waals surface area contributed by atoms with Crippen LogP contribution in [0.4, 0.5) is 0 Å². The van der Waals surface area contributed by atoms with E-state index in [1.165, 1.54) is 29.1 Å². The van der Waals surface area contributed by atoms with Crippen LogP contribution in [-0.4, -0.2) is 80.4 Å². The quantitative estimate of drug-likeness (QED) is 0.250. The maximum atomic E-state index is 14.6. The highest BCUT2D eigenvalue weighted by atomic mass is 32.2. The summed E-state index contributed by atoms with van der Waals surface area (Å²) in [5, 5.41) is 4.57. The second-order valence-corrected chi connectivity index (χ2v) is 16.5. The van der Waals surface area contributed by atoms with E-state index in [2.05, 4.69) is 52.5 Å². The van der Waals surface area contributed by atoms with Crippen LogP contribution in [0.3, 0.4) is 0 Å². The number of aromatic nitrogens is 1. The maximum Gasteiger partial charge on any atom is 0.304 e. The number of benzene rings is 2. The zero-order valence-corrected chi connectivity index (χ0v) is 30.2. The van der Waals surface area contributed by atoms with Crippen LogP contribution in [0, 0.1) is 5.41 Å². The minimum atomic E-state index is -3.90. The molecule has 1 aromatic heterocycles. The molecule has 49 heavy (non-hydrogen) atoms. The van der Waals surface area contributed by atoms with Crippen LogP contribution >= 0.6 is 0 Å². The second kappa shape index (κ2) is 13.4. The lowest BCUT2D eigenvalue weighted by Crippen LogP contribution is -2.49. The van der Waals surface area contributed by atoms with Crippen molar-refractivity contribution in [2.45, 2.75) is 96.1 Å². The van der Waals surface area contributed by atoms with Crippen molar-refractivity contribution in [1.82, 2.24) is 23.8 Å². The molecule has 2 aliphatic carbocycles. The number of carbonyl (C=O) groups excluding carboxylic acids is 2. The number of likely N-dealkylation sites (N-methyl/N-ethyl adjacent to an activating group) is 1. The SMILES string of the molecule is CCCC(CN(C)CC)NC(=O)C12CC1c1cc(OC)ccc1-c1c(C3CCCCC3)c3ccc(C(=O)NS(=O)(=O)N4CCC4)cc3n1C2. The first kappa shape index (κ1) is 34.1. The molecule has 11 heteroatoms. The van der Waals surface area contributed by atoms with Gasteiger partial charge in [0.05, 0.1) is 18.2 Å². The first-order valence-corrected chi connectivity index (χ1v) is 19.7. The number of nitrogens with zero attached hydrogens (tertiary/aromatic N) is 3. The predicted molar refractivity (Wildman–Crippen MR) is 192 cm³/mol. The van der Waals surface area contributed by atoms with E-state index in [9.17, 15) is 18.0 Å². The summed E-state index contributed by atoms with van der Waals surface area (Å²) in [6.07, 6.45) is 9.15. The first-order chi connectivity index (χ1) is 23.6. The Morgan fingerprint density at radius 2 is 1.84 bits per heavy atom. The smallest absolute Gasteiger partial charge is 0.304 e. The molecule has 2 amide bonds. The van der Waals surface area contributed by atoms with Gasteiger partial charge in [-0.25, -0.2) is 4.72 Å². The molecule has 2 aromatic carbocycles. The highest BCUT2D eigenvalue weighted by molar-refractivity contribution is 7.87. The van der Waals surface area contributed by atoms with Crippen molar-refractivity contribution in [2.75, 3.05) is 40.3 Å². The highest BCUT2D eigenvalue weighted by Crippen LogP contribution is 2.65. The Kier molecular flexibility index (Phi) is 9.30. The Hall–Kier alpha value is -3.41. The molecule has 3 heterocycles. The molecule has 3 aromatic rings. The van der Waals surface area contributed by atoms with Gasteiger partial charge >= 0.3 is 10.2 Å². The van der Waals surface area contributed by atoms with E-state index < -0.39 is 21.5 Å². The molecule has 2 N–H and O–H groups in total. The van der Waals surface area contributed by atoms with Crippen LogP contribution in [-0.2, 0) is 21.5 Å². The van der Waals surface area contributed by atoms with Gasteiger partial charge in [0.1, 0.15) is 5.75 Å². The van der Waals surface area contributed by atoms with Crippen molar-refractivity contribution in [3.8, 4) is 17.0 Å². The fourth-order valence-electron chi connectivity index (χ4n) is 8.60. The zero-order valence-electron chi connectivity index (χ0n) is 29.4. The van der Waals surface area contributed by atoms with E-state index in [0.29, 0.717) is 31.1 Å². The number of nitrogens with one attached hydrogen (secondary N) is 2. The predicted octanol–water partition coefficient (Wildman–Crippen LogP) is 5.77. The van der Waals surface area contributed by atoms with E-state index in [1.54, 1.807) is 13.2 Å². The third-order valence-corrected chi connectivity index (χ3v) is 13.1. The van der Waals surface area contributed by atoms with E-state index in [-0.39, 0.29) is 17.9 Å². The summed E-state index contributed by atoms with van der Waals surface area (Å²) in [6, 6.07) is 11.9. The lowest BCUT2D eigenvalue weighted by atomic mass is 9.81. The van der Waals surface area contributed by atoms with Gasteiger partial charge in [-0.2, -0.15) is 12.7 Å². The number of rotatable bonds is 12. The lowest BCUT2D eigenvalue weighted by molar-refractivity contribution is -0.127. The third kappa shape index (κ3) is 6.16. The largest absolute Gasteiger partial charge is 0.497 e. The van der Waals surface area contributed by atoms with Crippen LogP contribution in [0.25, 0.3) is 22.2 Å². The number of methoxy groups -OCH3 is 1. The summed E-state index contributed by atoms with van der Waals surface area (Å²) in [5.74, 6) is 0.608. The van der Waals surface area contributed by atoms with Gasteiger partial charge in [0.25, 0.3) is 5.91 Å². The molecule has 264 valence electrons. The van der Waals surface area contributed by atoms with Gasteiger partial charge in [-0.15, -0.1) is 0 Å². The van der Waals surface area contributed by atoms with E-state index >= 15 is 0 Å². The van der Waals surface area contributed by atoms with Crippen molar-refractivity contribution < 1.29 is 22.7 Å². The standard InChI is InChI=1S/C38H51N5O5S/c1-5-11-27(23-41(3)6-2)39-37(45)38-22-32(38)31-21-28(48-4)15-17-29(31)35-34(25-12-8-7-9-13-25)30-16-14-26(20-33(30)43(35)24-38)36(44)40-49(46,47)42-18-10-19-42/h14-17,20-21,25,27,32H,5-13,18-19,22-24H2,1-4H3,(H,39,45)(H,40,44). The number of hydrogen-bond donors (Lipinski definition) is 2. The molecule has 3 atom stereocenters. The molecular formula is C38H51N5O5S. The van der Waals surface area contributed by atoms with Gasteiger partial charge in [0.15, 0.2) is 0 Å². The van der Waals surface area contributed by atoms with Gasteiger partial charge in [0.2, 0.25) is 5.91 Å². The van der Waals surface area contributed by atoms with Gasteiger partial charge in [0, 0.05) is 60.2 Å². The molecule has 10 nitrogen and oxygen atoms in total. The topological polar surface area (TPSA) is 113 Å². The van der Waals surface area contributed by atoms with Gasteiger partial charge in [-0.1, -0.05) is 45.6 Å². The lowest BCUT2D eigenvalue weighted by Gasteiger charge is -2.29. The van der Waals surface area contributed by atoms with Crippen LogP contribution in [0.2, 0.25) is 0 Å². The number of carbonyl (C=O) groups is 2. The van der Waals surface area contributed by atoms with Crippen LogP contribution in [0.5, 0.6) is 5.75 Å². The molecule has 0 radical (unpaired) electrons. The van der Waals surface area contributed by atoms with Gasteiger partial charge in [-0.05, 0) is 93.1 Å². The van der Waals surface area contributed by atoms with Gasteiger partial charge in [-0.3, -0.25) is 9.59 Å². The number of hydrogen-bond acceptors (Lipinski definition) is 6. The second-order valence-electron chi connectivity index (χ2n) is 14.8. The molecule has 4 aliphatic rings. The fourth-order valence-corrected chi connectivity index (χ4v) is 9.82. The number of ether oxygens (including phenoxy) is 1. The zero-order chi connectivity index (χ0) is 34.5. The average molecular weight is 690 g/mol. The van der Waals surface area contributed by atoms with Crippen molar-refractivity contribution >= 4 is 32.9 Å². The summed E-state index contributed by atoms with van der Waals surface area (Å²) >= 11 is 0. The summed E-state index contributed by atoms with van der Waals surface area (Å²) in [5.41, 5.74) is 5.19. The summed E-state index contributed by atoms with van der Waals surface area (Å²) in [6.45, 7) is 7.32. The molecule has 2 saturated carbocycles. The number of fused-ring (bicyclic) bond motifs is 7. The van der Waals surface area contributed by atoms with Crippen molar-refractivity contribution in [3.05, 3.63) is 53.1 Å². The minimum Gasteiger partial charge on any atom is -0.497 e. The van der Waals surface area contributed by atoms with E-state index in [0.717, 1.165) is 85.1 Å². The Morgan fingerprint density at radius 3 is 2.51 bits per heavy atom. The average Bonchev–Trinajstić information content (AvgIpc) is 3.73. The van der Waals surface area contributed by atoms with Crippen LogP contribution in [0.15, 0.2) is 36.4 Å². The molecule has 3 fully saturated rings. The Bertz CT molecular complexity index is 1860. The molecular weight excluding hydrogens is 639 g/mol. The molecule has 0 spiro atoms. The van der Waals surface area contributed by atoms with E-state index in [4.69, 9.17) is 4.74 Å². The first-order valence-electron chi connectivity index (χ1n) is 18.3. The summed E-state index contributed by atoms with van der Waals surface area (Å²) in [7, 11) is -0.121. The van der Waals surface area contributed by atoms with Crippen LogP contribution < -0.4 is 14.8 Å². The Labute approximate surface area is 290 Å². The third-order valence-electron chi connectivity index (χ3n) is 11.7. The normalized spacial score (nSPS) is 22.8. The summed E-state index contributed by atoms with van der Waals surface area (Å²) < 4.78 is 37.3. The Balaban J connectivity index is 1.37. The summed E-state index contributed by atoms with van der Waals surface area (Å²) in [4.78, 5) is 30.3. The van der Waals surface area contributed by atoms with Crippen LogP contribution in [0.1, 0.15) is 105 Å². The molecule has 3 unspecified atom stereocenters. The molecule has 2 aliphatic heterocycles. The van der Waals surface area contributed by atoms with Crippen molar-refractivity contribution in [3.63, 3.8) is 0 Å². The minimum absolute atomic E-state index is 0.0334. The molecule has 1 saturated heterocycles. The fraction of sp³-hybridized carbons (Fsp3) is 0.579. The monoisotopic (exact) mass is 689 g/mol. The highest BCUT2D eigenvalue weighted by Gasteiger charge is 2.63. The van der Waals surface area contributed by atoms with E-state index in [1.807, 2.05) is 18.2 Å². The molecule has 0 bridgehead atoms. The Morgan fingerprint density at radius 1 is 1.06 bits per heavy atom.